The first-order chi connectivity index (χ1) is 34.8. The number of hydrogen-bond donors (Lipinski definition) is 0. The van der Waals surface area contributed by atoms with Gasteiger partial charge in [0.05, 0.1) is 27.8 Å². The van der Waals surface area contributed by atoms with E-state index in [0.29, 0.717) is 78.3 Å². The number of fused-ring (bicyclic) bond motifs is 6. The average Bonchev–Trinajstić information content (AvgIpc) is 3.93. The SMILES string of the molecule is Cc1ccc(-c2ccc3c(c2)c2cc(-c4ccc(C(F)(F)F)cc4C)ccc2n3-c2ccc(-c3cccc4sc5ccccc5c34)cc2-c2nc(-c3ccccc3)nc(-c3ccccc3)n2)c(C(F)(F)F)c1. The van der Waals surface area contributed by atoms with Crippen molar-refractivity contribution in [1.82, 2.24) is 19.5 Å². The van der Waals surface area contributed by atoms with E-state index in [1.165, 1.54) is 12.1 Å². The van der Waals surface area contributed by atoms with E-state index in [1.807, 2.05) is 103 Å². The quantitative estimate of drug-likeness (QED) is 0.150. The molecule has 0 aliphatic rings. The number of nitrogens with zero attached hydrogens (tertiary/aromatic N) is 4. The maximum absolute atomic E-state index is 14.8. The fourth-order valence-electron chi connectivity index (χ4n) is 9.95. The minimum absolute atomic E-state index is 0.0258. The highest BCUT2D eigenvalue weighted by atomic mass is 32.1. The molecule has 350 valence electrons. The van der Waals surface area contributed by atoms with Gasteiger partial charge in [-0.25, -0.2) is 15.0 Å². The summed E-state index contributed by atoms with van der Waals surface area (Å²) in [4.78, 5) is 15.5. The van der Waals surface area contributed by atoms with Gasteiger partial charge in [-0.2, -0.15) is 26.3 Å². The minimum atomic E-state index is -4.63. The second-order valence-corrected chi connectivity index (χ2v) is 19.0. The van der Waals surface area contributed by atoms with Crippen molar-refractivity contribution in [2.45, 2.75) is 26.2 Å². The molecule has 0 aliphatic carbocycles. The number of rotatable bonds is 7. The van der Waals surface area contributed by atoms with Gasteiger partial charge < -0.3 is 4.57 Å². The third-order valence-electron chi connectivity index (χ3n) is 13.3. The molecule has 4 nitrogen and oxygen atoms in total. The zero-order chi connectivity index (χ0) is 49.5. The number of thiophene rings is 1. The van der Waals surface area contributed by atoms with Crippen molar-refractivity contribution in [3.8, 4) is 73.2 Å². The Labute approximate surface area is 413 Å². The molecule has 0 saturated heterocycles. The van der Waals surface area contributed by atoms with Crippen LogP contribution in [0, 0.1) is 13.8 Å². The number of aromatic nitrogens is 4. The van der Waals surface area contributed by atoms with Crippen molar-refractivity contribution in [2.75, 3.05) is 0 Å². The summed E-state index contributed by atoms with van der Waals surface area (Å²) in [6.45, 7) is 3.27. The summed E-state index contributed by atoms with van der Waals surface area (Å²) in [5.41, 5.74) is 7.23. The summed E-state index contributed by atoms with van der Waals surface area (Å²) in [6.07, 6.45) is -9.16. The van der Waals surface area contributed by atoms with Gasteiger partial charge in [-0.15, -0.1) is 11.3 Å². The van der Waals surface area contributed by atoms with Crippen molar-refractivity contribution in [1.29, 1.82) is 0 Å². The van der Waals surface area contributed by atoms with Crippen LogP contribution in [0.1, 0.15) is 22.3 Å². The lowest BCUT2D eigenvalue weighted by molar-refractivity contribution is -0.138. The van der Waals surface area contributed by atoms with Gasteiger partial charge >= 0.3 is 12.4 Å². The molecule has 3 aromatic heterocycles. The maximum Gasteiger partial charge on any atom is 0.417 e. The number of aryl methyl sites for hydroxylation is 2. The maximum atomic E-state index is 14.8. The molecule has 0 spiro atoms. The molecular formula is C61H38F6N4S. The van der Waals surface area contributed by atoms with Gasteiger partial charge in [0.25, 0.3) is 0 Å². The largest absolute Gasteiger partial charge is 0.417 e. The Hall–Kier alpha value is -8.41. The standard InChI is InChI=1S/C61H38F6N4S/c1-35-20-25-44(50(30-35)61(65,66)67)40-22-28-52-48(33-40)47-32-39(43-26-24-42(31-36(43)2)60(62,63)64)21-27-51(47)71(52)53-29-23-41(45-17-11-19-55-56(45)46-16-9-10-18-54(46)72-55)34-49(53)59-69-57(37-12-5-3-6-13-37)68-58(70-59)38-14-7-4-8-15-38/h3-34H,1-2H3. The van der Waals surface area contributed by atoms with E-state index in [4.69, 9.17) is 15.0 Å². The number of benzene rings is 9. The highest BCUT2D eigenvalue weighted by molar-refractivity contribution is 7.25. The molecule has 0 atom stereocenters. The monoisotopic (exact) mass is 972 g/mol. The average molecular weight is 973 g/mol. The molecule has 12 rings (SSSR count). The van der Waals surface area contributed by atoms with Gasteiger partial charge in [0, 0.05) is 47.6 Å². The normalized spacial score (nSPS) is 12.2. The Kier molecular flexibility index (Phi) is 10.7. The fraction of sp³-hybridized carbons (Fsp3) is 0.0656. The predicted molar refractivity (Wildman–Crippen MR) is 279 cm³/mol. The molecule has 0 aliphatic heterocycles. The summed E-state index contributed by atoms with van der Waals surface area (Å²) < 4.78 is 90.3. The van der Waals surface area contributed by atoms with E-state index < -0.39 is 23.5 Å². The van der Waals surface area contributed by atoms with E-state index in [0.717, 1.165) is 60.6 Å². The summed E-state index contributed by atoms with van der Waals surface area (Å²) in [7, 11) is 0. The lowest BCUT2D eigenvalue weighted by atomic mass is 9.95. The topological polar surface area (TPSA) is 43.6 Å². The Morgan fingerprint density at radius 1 is 0.403 bits per heavy atom. The van der Waals surface area contributed by atoms with Crippen LogP contribution in [0.5, 0.6) is 0 Å². The molecule has 0 fully saturated rings. The highest BCUT2D eigenvalue weighted by Gasteiger charge is 2.34. The molecular weight excluding hydrogens is 935 g/mol. The number of halogens is 6. The van der Waals surface area contributed by atoms with Gasteiger partial charge in [0.2, 0.25) is 0 Å². The van der Waals surface area contributed by atoms with Crippen LogP contribution in [0.4, 0.5) is 26.3 Å². The summed E-state index contributed by atoms with van der Waals surface area (Å²) >= 11 is 1.73. The zero-order valence-corrected chi connectivity index (χ0v) is 39.3. The Morgan fingerprint density at radius 2 is 0.972 bits per heavy atom. The Balaban J connectivity index is 1.16. The van der Waals surface area contributed by atoms with Gasteiger partial charge in [-0.05, 0) is 120 Å². The summed E-state index contributed by atoms with van der Waals surface area (Å²) in [6, 6.07) is 59.3. The van der Waals surface area contributed by atoms with Gasteiger partial charge in [0.15, 0.2) is 17.5 Å². The molecule has 3 heterocycles. The molecule has 72 heavy (non-hydrogen) atoms. The third kappa shape index (κ3) is 7.86. The zero-order valence-electron chi connectivity index (χ0n) is 38.4. The summed E-state index contributed by atoms with van der Waals surface area (Å²) in [5, 5.41) is 3.57. The van der Waals surface area contributed by atoms with Crippen LogP contribution in [-0.4, -0.2) is 19.5 Å². The van der Waals surface area contributed by atoms with Crippen LogP contribution in [0.15, 0.2) is 194 Å². The lowest BCUT2D eigenvalue weighted by Gasteiger charge is -2.17. The van der Waals surface area contributed by atoms with Crippen molar-refractivity contribution >= 4 is 53.3 Å². The Morgan fingerprint density at radius 3 is 1.61 bits per heavy atom. The van der Waals surface area contributed by atoms with Crippen LogP contribution < -0.4 is 0 Å². The molecule has 11 heteroatoms. The number of alkyl halides is 6. The first-order valence-electron chi connectivity index (χ1n) is 23.1. The molecule has 0 saturated carbocycles. The van der Waals surface area contributed by atoms with E-state index in [-0.39, 0.29) is 5.56 Å². The van der Waals surface area contributed by atoms with E-state index in [2.05, 4.69) is 47.0 Å². The van der Waals surface area contributed by atoms with Gasteiger partial charge in [-0.3, -0.25) is 0 Å². The molecule has 0 radical (unpaired) electrons. The van der Waals surface area contributed by atoms with Crippen LogP contribution >= 0.6 is 11.3 Å². The predicted octanol–water partition coefficient (Wildman–Crippen LogP) is 18.0. The smallest absolute Gasteiger partial charge is 0.308 e. The lowest BCUT2D eigenvalue weighted by Crippen LogP contribution is -2.07. The second kappa shape index (κ2) is 17.2. The minimum Gasteiger partial charge on any atom is -0.308 e. The van der Waals surface area contributed by atoms with Crippen molar-refractivity contribution in [2.24, 2.45) is 0 Å². The van der Waals surface area contributed by atoms with E-state index in [1.54, 1.807) is 43.4 Å². The van der Waals surface area contributed by atoms with E-state index in [9.17, 15) is 26.3 Å². The van der Waals surface area contributed by atoms with Gasteiger partial charge in [0.1, 0.15) is 0 Å². The van der Waals surface area contributed by atoms with Crippen molar-refractivity contribution < 1.29 is 26.3 Å². The van der Waals surface area contributed by atoms with Crippen LogP contribution in [0.25, 0.3) is 115 Å². The second-order valence-electron chi connectivity index (χ2n) is 17.9. The first kappa shape index (κ1) is 44.8. The molecule has 0 amide bonds. The summed E-state index contributed by atoms with van der Waals surface area (Å²) in [5.74, 6) is 1.31. The Bertz CT molecular complexity index is 4040. The molecule has 12 aromatic rings. The molecule has 0 bridgehead atoms. The number of hydrogen-bond acceptors (Lipinski definition) is 4. The highest BCUT2D eigenvalue weighted by Crippen LogP contribution is 2.46. The van der Waals surface area contributed by atoms with Crippen molar-refractivity contribution in [3.63, 3.8) is 0 Å². The fourth-order valence-corrected chi connectivity index (χ4v) is 11.1. The van der Waals surface area contributed by atoms with Crippen LogP contribution in [-0.2, 0) is 12.4 Å². The van der Waals surface area contributed by atoms with Gasteiger partial charge in [-0.1, -0.05) is 133 Å². The van der Waals surface area contributed by atoms with E-state index >= 15 is 0 Å². The van der Waals surface area contributed by atoms with Crippen molar-refractivity contribution in [3.05, 3.63) is 216 Å². The third-order valence-corrected chi connectivity index (χ3v) is 14.4. The molecule has 9 aromatic carbocycles. The van der Waals surface area contributed by atoms with Crippen LogP contribution in [0.2, 0.25) is 0 Å². The van der Waals surface area contributed by atoms with Crippen LogP contribution in [0.3, 0.4) is 0 Å². The molecule has 0 unspecified atom stereocenters. The molecule has 0 N–H and O–H groups in total. The first-order valence-corrected chi connectivity index (χ1v) is 24.0.